The molecule has 0 saturated carbocycles. The molecule has 5 heteroatoms. The summed E-state index contributed by atoms with van der Waals surface area (Å²) < 4.78 is 43.5. The van der Waals surface area contributed by atoms with Gasteiger partial charge in [0.15, 0.2) is 6.10 Å². The average molecular weight is 231 g/mol. The van der Waals surface area contributed by atoms with Gasteiger partial charge >= 0.3 is 6.18 Å². The van der Waals surface area contributed by atoms with Crippen LogP contribution in [0.5, 0.6) is 0 Å². The lowest BCUT2D eigenvalue weighted by atomic mass is 10.1. The molecular formula is C11H12F3NO. The van der Waals surface area contributed by atoms with Crippen LogP contribution < -0.4 is 5.32 Å². The highest BCUT2D eigenvalue weighted by Gasteiger charge is 2.44. The maximum atomic E-state index is 12.8. The highest BCUT2D eigenvalue weighted by molar-refractivity contribution is 5.53. The molecule has 2 rings (SSSR count). The van der Waals surface area contributed by atoms with Gasteiger partial charge in [-0.05, 0) is 13.0 Å². The summed E-state index contributed by atoms with van der Waals surface area (Å²) in [5.41, 5.74) is 0.647. The van der Waals surface area contributed by atoms with Gasteiger partial charge in [-0.15, -0.1) is 0 Å². The van der Waals surface area contributed by atoms with Gasteiger partial charge in [0.1, 0.15) is 0 Å². The molecule has 1 aromatic carbocycles. The molecule has 0 saturated heterocycles. The Morgan fingerprint density at radius 1 is 1.31 bits per heavy atom. The molecule has 2 nitrogen and oxygen atoms in total. The zero-order valence-electron chi connectivity index (χ0n) is 8.71. The van der Waals surface area contributed by atoms with Crippen molar-refractivity contribution < 1.29 is 17.9 Å². The number of halogens is 3. The summed E-state index contributed by atoms with van der Waals surface area (Å²) in [4.78, 5) is 0. The van der Waals surface area contributed by atoms with Crippen molar-refractivity contribution in [1.82, 2.24) is 0 Å². The van der Waals surface area contributed by atoms with Crippen molar-refractivity contribution in [2.45, 2.75) is 25.3 Å². The number of anilines is 1. The number of rotatable bonds is 0. The van der Waals surface area contributed by atoms with Crippen LogP contribution in [0, 0.1) is 0 Å². The van der Waals surface area contributed by atoms with Crippen molar-refractivity contribution in [3.63, 3.8) is 0 Å². The van der Waals surface area contributed by atoms with E-state index in [0.717, 1.165) is 0 Å². The molecule has 2 unspecified atom stereocenters. The Bertz CT molecular complexity index is 378. The normalized spacial score (nSPS) is 25.5. The topological polar surface area (TPSA) is 21.3 Å². The summed E-state index contributed by atoms with van der Waals surface area (Å²) in [6.45, 7) is 2.00. The first-order valence-electron chi connectivity index (χ1n) is 5.03. The van der Waals surface area contributed by atoms with Gasteiger partial charge in [-0.25, -0.2) is 0 Å². The second-order valence-corrected chi connectivity index (χ2v) is 3.84. The summed E-state index contributed by atoms with van der Waals surface area (Å²) in [5, 5.41) is 2.95. The van der Waals surface area contributed by atoms with E-state index in [4.69, 9.17) is 4.74 Å². The molecule has 0 radical (unpaired) electrons. The Labute approximate surface area is 91.4 Å². The van der Waals surface area contributed by atoms with Crippen molar-refractivity contribution in [3.8, 4) is 0 Å². The lowest BCUT2D eigenvalue weighted by Crippen LogP contribution is -2.27. The first-order chi connectivity index (χ1) is 7.48. The molecule has 2 atom stereocenters. The third-order valence-electron chi connectivity index (χ3n) is 2.49. The largest absolute Gasteiger partial charge is 0.418 e. The summed E-state index contributed by atoms with van der Waals surface area (Å²) in [6.07, 6.45) is -6.69. The minimum absolute atomic E-state index is 0.152. The van der Waals surface area contributed by atoms with Crippen molar-refractivity contribution in [2.75, 3.05) is 11.9 Å². The van der Waals surface area contributed by atoms with Crippen molar-refractivity contribution in [2.24, 2.45) is 0 Å². The second kappa shape index (κ2) is 3.97. The molecule has 88 valence electrons. The number of fused-ring (bicyclic) bond motifs is 1. The van der Waals surface area contributed by atoms with Crippen LogP contribution in [0.1, 0.15) is 18.6 Å². The number of ether oxygens (including phenoxy) is 1. The van der Waals surface area contributed by atoms with Crippen LogP contribution in [-0.2, 0) is 4.74 Å². The molecule has 1 N–H and O–H groups in total. The molecule has 0 bridgehead atoms. The first kappa shape index (κ1) is 11.3. The van der Waals surface area contributed by atoms with Gasteiger partial charge in [0, 0.05) is 17.8 Å². The second-order valence-electron chi connectivity index (χ2n) is 3.84. The zero-order valence-corrected chi connectivity index (χ0v) is 8.71. The Balaban J connectivity index is 2.43. The van der Waals surface area contributed by atoms with E-state index in [2.05, 4.69) is 5.32 Å². The number of benzene rings is 1. The smallest absolute Gasteiger partial charge is 0.382 e. The number of para-hydroxylation sites is 1. The van der Waals surface area contributed by atoms with E-state index in [1.807, 2.05) is 0 Å². The van der Waals surface area contributed by atoms with Crippen LogP contribution in [0.3, 0.4) is 0 Å². The highest BCUT2D eigenvalue weighted by Crippen LogP contribution is 2.41. The van der Waals surface area contributed by atoms with Gasteiger partial charge in [-0.2, -0.15) is 13.2 Å². The molecule has 1 aliphatic heterocycles. The summed E-state index contributed by atoms with van der Waals surface area (Å²) in [5.74, 6) is 0. The zero-order chi connectivity index (χ0) is 11.8. The SMILES string of the molecule is CC1CNc2ccccc2C(C(F)(F)F)O1. The molecule has 0 amide bonds. The third-order valence-corrected chi connectivity index (χ3v) is 2.49. The fourth-order valence-electron chi connectivity index (χ4n) is 1.75. The maximum Gasteiger partial charge on any atom is 0.418 e. The summed E-state index contributed by atoms with van der Waals surface area (Å²) >= 11 is 0. The van der Waals surface area contributed by atoms with E-state index in [0.29, 0.717) is 12.2 Å². The van der Waals surface area contributed by atoms with Crippen LogP contribution in [-0.4, -0.2) is 18.8 Å². The van der Waals surface area contributed by atoms with E-state index in [-0.39, 0.29) is 5.56 Å². The third kappa shape index (κ3) is 2.14. The van der Waals surface area contributed by atoms with Crippen LogP contribution in [0.2, 0.25) is 0 Å². The minimum atomic E-state index is -4.38. The van der Waals surface area contributed by atoms with Crippen LogP contribution in [0.15, 0.2) is 24.3 Å². The number of hydrogen-bond donors (Lipinski definition) is 1. The fraction of sp³-hybridized carbons (Fsp3) is 0.455. The molecule has 0 aliphatic carbocycles. The Morgan fingerprint density at radius 2 is 2.00 bits per heavy atom. The summed E-state index contributed by atoms with van der Waals surface area (Å²) in [7, 11) is 0. The van der Waals surface area contributed by atoms with Gasteiger partial charge in [0.2, 0.25) is 0 Å². The van der Waals surface area contributed by atoms with Crippen molar-refractivity contribution >= 4 is 5.69 Å². The van der Waals surface area contributed by atoms with Crippen LogP contribution in [0.25, 0.3) is 0 Å². The molecule has 0 aromatic heterocycles. The van der Waals surface area contributed by atoms with E-state index >= 15 is 0 Å². The Morgan fingerprint density at radius 3 is 2.69 bits per heavy atom. The lowest BCUT2D eigenvalue weighted by molar-refractivity contribution is -0.232. The number of nitrogens with one attached hydrogen (secondary N) is 1. The monoisotopic (exact) mass is 231 g/mol. The minimum Gasteiger partial charge on any atom is -0.382 e. The summed E-state index contributed by atoms with van der Waals surface area (Å²) in [6, 6.07) is 6.36. The quantitative estimate of drug-likeness (QED) is 0.740. The molecular weight excluding hydrogens is 219 g/mol. The van der Waals surface area contributed by atoms with Gasteiger partial charge < -0.3 is 10.1 Å². The van der Waals surface area contributed by atoms with E-state index in [1.165, 1.54) is 6.07 Å². The Kier molecular flexibility index (Phi) is 2.80. The fourth-order valence-corrected chi connectivity index (χ4v) is 1.75. The van der Waals surface area contributed by atoms with Crippen molar-refractivity contribution in [1.29, 1.82) is 0 Å². The predicted molar refractivity (Wildman–Crippen MR) is 54.3 cm³/mol. The molecule has 0 fully saturated rings. The molecule has 1 aromatic rings. The highest BCUT2D eigenvalue weighted by atomic mass is 19.4. The van der Waals surface area contributed by atoms with Gasteiger partial charge in [0.05, 0.1) is 6.10 Å². The molecule has 1 aliphatic rings. The maximum absolute atomic E-state index is 12.8. The molecule has 16 heavy (non-hydrogen) atoms. The lowest BCUT2D eigenvalue weighted by Gasteiger charge is -2.22. The van der Waals surface area contributed by atoms with Crippen molar-refractivity contribution in [3.05, 3.63) is 29.8 Å². The molecule has 1 heterocycles. The van der Waals surface area contributed by atoms with E-state index < -0.39 is 18.4 Å². The van der Waals surface area contributed by atoms with Gasteiger partial charge in [0.25, 0.3) is 0 Å². The van der Waals surface area contributed by atoms with Crippen LogP contribution in [0.4, 0.5) is 18.9 Å². The Hall–Kier alpha value is -1.23. The standard InChI is InChI=1S/C11H12F3NO/c1-7-6-15-9-5-3-2-4-8(9)10(16-7)11(12,13)14/h2-5,7,10,15H,6H2,1H3. The van der Waals surface area contributed by atoms with Crippen LogP contribution >= 0.6 is 0 Å². The molecule has 0 spiro atoms. The van der Waals surface area contributed by atoms with Gasteiger partial charge in [-0.3, -0.25) is 0 Å². The van der Waals surface area contributed by atoms with Gasteiger partial charge in [-0.1, -0.05) is 18.2 Å². The number of alkyl halides is 3. The van der Waals surface area contributed by atoms with E-state index in [9.17, 15) is 13.2 Å². The van der Waals surface area contributed by atoms with E-state index in [1.54, 1.807) is 25.1 Å². The first-order valence-corrected chi connectivity index (χ1v) is 5.03. The predicted octanol–water partition coefficient (Wildman–Crippen LogP) is 3.12. The average Bonchev–Trinajstić information content (AvgIpc) is 2.38. The number of hydrogen-bond acceptors (Lipinski definition) is 2.